The van der Waals surface area contributed by atoms with Gasteiger partial charge in [-0.1, -0.05) is 43.7 Å². The Hall–Kier alpha value is -0.860. The van der Waals surface area contributed by atoms with Crippen molar-refractivity contribution >= 4 is 0 Å². The molecule has 0 aliphatic carbocycles. The van der Waals surface area contributed by atoms with Gasteiger partial charge in [0.2, 0.25) is 0 Å². The van der Waals surface area contributed by atoms with Gasteiger partial charge in [-0.3, -0.25) is 0 Å². The molecular formula is C18H30N2. The first kappa shape index (κ1) is 15.5. The molecule has 0 amide bonds. The summed E-state index contributed by atoms with van der Waals surface area (Å²) in [4.78, 5) is 2.66. The van der Waals surface area contributed by atoms with Gasteiger partial charge in [-0.05, 0) is 51.3 Å². The van der Waals surface area contributed by atoms with Crippen LogP contribution in [0.2, 0.25) is 0 Å². The van der Waals surface area contributed by atoms with Crippen molar-refractivity contribution in [3.05, 3.63) is 35.4 Å². The van der Waals surface area contributed by atoms with Gasteiger partial charge < -0.3 is 10.2 Å². The smallest absolute Gasteiger partial charge is 0.0303 e. The van der Waals surface area contributed by atoms with Crippen LogP contribution in [0, 0.1) is 6.92 Å². The number of aryl methyl sites for hydroxylation is 1. The van der Waals surface area contributed by atoms with E-state index in [1.165, 1.54) is 63.0 Å². The van der Waals surface area contributed by atoms with Gasteiger partial charge in [-0.2, -0.15) is 0 Å². The van der Waals surface area contributed by atoms with Crippen LogP contribution < -0.4 is 5.32 Å². The number of rotatable bonds is 5. The van der Waals surface area contributed by atoms with Crippen LogP contribution in [-0.4, -0.2) is 36.6 Å². The van der Waals surface area contributed by atoms with Gasteiger partial charge in [0.1, 0.15) is 0 Å². The maximum atomic E-state index is 3.79. The Morgan fingerprint density at radius 2 is 2.05 bits per heavy atom. The Morgan fingerprint density at radius 1 is 1.25 bits per heavy atom. The SMILES string of the molecule is CCC1(CC)CN(CCc2cccc(C)c2)CCCN1. The highest BCUT2D eigenvalue weighted by Crippen LogP contribution is 2.20. The normalized spacial score (nSPS) is 19.8. The molecule has 20 heavy (non-hydrogen) atoms. The van der Waals surface area contributed by atoms with E-state index in [4.69, 9.17) is 0 Å². The highest BCUT2D eigenvalue weighted by molar-refractivity contribution is 5.22. The van der Waals surface area contributed by atoms with Gasteiger partial charge in [0.15, 0.2) is 0 Å². The Morgan fingerprint density at radius 3 is 2.75 bits per heavy atom. The fourth-order valence-corrected chi connectivity index (χ4v) is 3.29. The number of hydrogen-bond acceptors (Lipinski definition) is 2. The van der Waals surface area contributed by atoms with Crippen molar-refractivity contribution in [2.75, 3.05) is 26.2 Å². The summed E-state index contributed by atoms with van der Waals surface area (Å²) < 4.78 is 0. The molecule has 112 valence electrons. The Labute approximate surface area is 124 Å². The van der Waals surface area contributed by atoms with E-state index in [2.05, 4.69) is 55.3 Å². The van der Waals surface area contributed by atoms with Crippen LogP contribution in [0.4, 0.5) is 0 Å². The number of nitrogens with zero attached hydrogens (tertiary/aromatic N) is 1. The minimum Gasteiger partial charge on any atom is -0.310 e. The summed E-state index contributed by atoms with van der Waals surface area (Å²) in [6.07, 6.45) is 4.90. The summed E-state index contributed by atoms with van der Waals surface area (Å²) in [5, 5.41) is 3.79. The third-order valence-electron chi connectivity index (χ3n) is 4.83. The van der Waals surface area contributed by atoms with E-state index >= 15 is 0 Å². The van der Waals surface area contributed by atoms with Gasteiger partial charge in [0.05, 0.1) is 0 Å². The lowest BCUT2D eigenvalue weighted by Gasteiger charge is -2.35. The van der Waals surface area contributed by atoms with Crippen LogP contribution in [0.15, 0.2) is 24.3 Å². The molecule has 0 atom stereocenters. The van der Waals surface area contributed by atoms with Crippen molar-refractivity contribution in [2.24, 2.45) is 0 Å². The summed E-state index contributed by atoms with van der Waals surface area (Å²) in [6, 6.07) is 8.94. The zero-order valence-electron chi connectivity index (χ0n) is 13.4. The van der Waals surface area contributed by atoms with Crippen LogP contribution >= 0.6 is 0 Å². The minimum atomic E-state index is 0.336. The lowest BCUT2D eigenvalue weighted by Crippen LogP contribution is -2.50. The second kappa shape index (κ2) is 7.24. The fourth-order valence-electron chi connectivity index (χ4n) is 3.29. The number of hydrogen-bond donors (Lipinski definition) is 1. The lowest BCUT2D eigenvalue weighted by atomic mass is 9.92. The molecule has 2 nitrogen and oxygen atoms in total. The maximum absolute atomic E-state index is 3.79. The van der Waals surface area contributed by atoms with Gasteiger partial charge in [-0.15, -0.1) is 0 Å². The average Bonchev–Trinajstić information content (AvgIpc) is 2.68. The van der Waals surface area contributed by atoms with Crippen LogP contribution in [0.25, 0.3) is 0 Å². The van der Waals surface area contributed by atoms with Crippen molar-refractivity contribution in [3.63, 3.8) is 0 Å². The van der Waals surface area contributed by atoms with Crippen molar-refractivity contribution in [3.8, 4) is 0 Å². The van der Waals surface area contributed by atoms with Crippen LogP contribution in [0.1, 0.15) is 44.2 Å². The zero-order valence-corrected chi connectivity index (χ0v) is 13.4. The summed E-state index contributed by atoms with van der Waals surface area (Å²) in [5.74, 6) is 0. The van der Waals surface area contributed by atoms with Gasteiger partial charge in [0, 0.05) is 18.6 Å². The molecule has 1 aromatic carbocycles. The van der Waals surface area contributed by atoms with Crippen molar-refractivity contribution < 1.29 is 0 Å². The summed E-state index contributed by atoms with van der Waals surface area (Å²) in [7, 11) is 0. The zero-order chi connectivity index (χ0) is 14.4. The standard InChI is InChI=1S/C18H30N2/c1-4-18(5-2)15-20(12-7-11-19-18)13-10-17-9-6-8-16(3)14-17/h6,8-9,14,19H,4-5,7,10-13,15H2,1-3H3. The Bertz CT molecular complexity index is 410. The minimum absolute atomic E-state index is 0.336. The first-order chi connectivity index (χ1) is 9.67. The van der Waals surface area contributed by atoms with E-state index in [0.717, 1.165) is 0 Å². The first-order valence-corrected chi connectivity index (χ1v) is 8.20. The Balaban J connectivity index is 1.94. The van der Waals surface area contributed by atoms with Crippen molar-refractivity contribution in [2.45, 2.75) is 52.0 Å². The molecule has 1 saturated heterocycles. The van der Waals surface area contributed by atoms with Gasteiger partial charge in [-0.25, -0.2) is 0 Å². The van der Waals surface area contributed by atoms with Crippen LogP contribution in [0.5, 0.6) is 0 Å². The highest BCUT2D eigenvalue weighted by Gasteiger charge is 2.29. The molecular weight excluding hydrogens is 244 g/mol. The molecule has 0 saturated carbocycles. The predicted octanol–water partition coefficient (Wildman–Crippen LogP) is 3.39. The van der Waals surface area contributed by atoms with E-state index in [-0.39, 0.29) is 0 Å². The fraction of sp³-hybridized carbons (Fsp3) is 0.667. The molecule has 0 spiro atoms. The van der Waals surface area contributed by atoms with E-state index < -0.39 is 0 Å². The van der Waals surface area contributed by atoms with Gasteiger partial charge >= 0.3 is 0 Å². The largest absolute Gasteiger partial charge is 0.310 e. The van der Waals surface area contributed by atoms with E-state index in [9.17, 15) is 0 Å². The van der Waals surface area contributed by atoms with E-state index in [1.54, 1.807) is 0 Å². The number of nitrogens with one attached hydrogen (secondary N) is 1. The summed E-state index contributed by atoms with van der Waals surface area (Å²) in [6.45, 7) is 11.6. The Kier molecular flexibility index (Phi) is 5.62. The molecule has 1 aliphatic heterocycles. The quantitative estimate of drug-likeness (QED) is 0.885. The monoisotopic (exact) mass is 274 g/mol. The molecule has 1 heterocycles. The molecule has 0 aromatic heterocycles. The molecule has 1 aliphatic rings. The molecule has 2 heteroatoms. The lowest BCUT2D eigenvalue weighted by molar-refractivity contribution is 0.199. The number of benzene rings is 1. The first-order valence-electron chi connectivity index (χ1n) is 8.20. The molecule has 1 N–H and O–H groups in total. The third-order valence-corrected chi connectivity index (χ3v) is 4.83. The third kappa shape index (κ3) is 4.07. The van der Waals surface area contributed by atoms with Crippen LogP contribution in [-0.2, 0) is 6.42 Å². The molecule has 1 aromatic rings. The highest BCUT2D eigenvalue weighted by atomic mass is 15.2. The van der Waals surface area contributed by atoms with Crippen molar-refractivity contribution in [1.82, 2.24) is 10.2 Å². The summed E-state index contributed by atoms with van der Waals surface area (Å²) >= 11 is 0. The molecule has 1 fully saturated rings. The molecule has 2 rings (SSSR count). The molecule has 0 radical (unpaired) electrons. The average molecular weight is 274 g/mol. The maximum Gasteiger partial charge on any atom is 0.0303 e. The summed E-state index contributed by atoms with van der Waals surface area (Å²) in [5.41, 5.74) is 3.18. The van der Waals surface area contributed by atoms with Crippen molar-refractivity contribution in [1.29, 1.82) is 0 Å². The van der Waals surface area contributed by atoms with Crippen LogP contribution in [0.3, 0.4) is 0 Å². The topological polar surface area (TPSA) is 15.3 Å². The molecule has 0 bridgehead atoms. The van der Waals surface area contributed by atoms with E-state index in [0.29, 0.717) is 5.54 Å². The predicted molar refractivity (Wildman–Crippen MR) is 87.3 cm³/mol. The second-order valence-corrected chi connectivity index (χ2v) is 6.28. The van der Waals surface area contributed by atoms with Gasteiger partial charge in [0.25, 0.3) is 0 Å². The van der Waals surface area contributed by atoms with E-state index in [1.807, 2.05) is 0 Å². The second-order valence-electron chi connectivity index (χ2n) is 6.28. The molecule has 0 unspecified atom stereocenters.